The van der Waals surface area contributed by atoms with Crippen molar-refractivity contribution in [2.45, 2.75) is 25.3 Å². The average molecular weight is 128 g/mol. The van der Waals surface area contributed by atoms with Crippen LogP contribution in [0.4, 0.5) is 0 Å². The molecule has 9 heavy (non-hydrogen) atoms. The first-order valence-corrected chi connectivity index (χ1v) is 3.74. The van der Waals surface area contributed by atoms with Crippen molar-refractivity contribution in [3.8, 4) is 0 Å². The Labute approximate surface area is 56.8 Å². The molecule has 0 spiro atoms. The maximum absolute atomic E-state index is 5.50. The molecular formula is C7H16N2. The standard InChI is InChI=1S/C7H16N2/c1-9-7(5-8)4-6-2-3-6/h6-7,9H,2-5,8H2,1H3/t7-/m1/s1. The molecule has 2 heteroatoms. The summed E-state index contributed by atoms with van der Waals surface area (Å²) in [4.78, 5) is 0. The molecule has 0 saturated heterocycles. The van der Waals surface area contributed by atoms with Gasteiger partial charge < -0.3 is 11.1 Å². The van der Waals surface area contributed by atoms with Gasteiger partial charge in [0.25, 0.3) is 0 Å². The lowest BCUT2D eigenvalue weighted by molar-refractivity contribution is 0.501. The summed E-state index contributed by atoms with van der Waals surface area (Å²) in [6.45, 7) is 0.785. The third kappa shape index (κ3) is 2.33. The fourth-order valence-corrected chi connectivity index (χ4v) is 1.09. The minimum absolute atomic E-state index is 0.567. The molecule has 0 radical (unpaired) electrons. The van der Waals surface area contributed by atoms with Gasteiger partial charge in [0, 0.05) is 12.6 Å². The van der Waals surface area contributed by atoms with Gasteiger partial charge in [0.05, 0.1) is 0 Å². The van der Waals surface area contributed by atoms with Gasteiger partial charge in [-0.25, -0.2) is 0 Å². The Kier molecular flexibility index (Phi) is 2.49. The summed E-state index contributed by atoms with van der Waals surface area (Å²) in [7, 11) is 1.99. The molecule has 1 atom stereocenters. The van der Waals surface area contributed by atoms with Crippen LogP contribution in [-0.4, -0.2) is 19.6 Å². The molecule has 1 rings (SSSR count). The average Bonchev–Trinajstić information content (AvgIpc) is 2.66. The van der Waals surface area contributed by atoms with Crippen molar-refractivity contribution in [2.24, 2.45) is 11.7 Å². The highest BCUT2D eigenvalue weighted by Gasteiger charge is 2.23. The maximum Gasteiger partial charge on any atom is 0.0189 e. The van der Waals surface area contributed by atoms with Gasteiger partial charge in [0.15, 0.2) is 0 Å². The number of likely N-dealkylation sites (N-methyl/N-ethyl adjacent to an activating group) is 1. The number of nitrogens with one attached hydrogen (secondary N) is 1. The second kappa shape index (κ2) is 3.18. The van der Waals surface area contributed by atoms with Crippen LogP contribution in [0.3, 0.4) is 0 Å². The Balaban J connectivity index is 2.05. The van der Waals surface area contributed by atoms with Crippen molar-refractivity contribution >= 4 is 0 Å². The van der Waals surface area contributed by atoms with E-state index in [1.54, 1.807) is 0 Å². The second-order valence-corrected chi connectivity index (χ2v) is 2.90. The quantitative estimate of drug-likeness (QED) is 0.572. The first kappa shape index (κ1) is 7.03. The van der Waals surface area contributed by atoms with Gasteiger partial charge in [0.1, 0.15) is 0 Å². The molecule has 3 N–H and O–H groups in total. The molecule has 0 aromatic rings. The van der Waals surface area contributed by atoms with Gasteiger partial charge in [-0.15, -0.1) is 0 Å². The molecular weight excluding hydrogens is 112 g/mol. The van der Waals surface area contributed by atoms with Crippen LogP contribution in [0.2, 0.25) is 0 Å². The number of hydrogen-bond acceptors (Lipinski definition) is 2. The van der Waals surface area contributed by atoms with Gasteiger partial charge in [-0.3, -0.25) is 0 Å². The summed E-state index contributed by atoms with van der Waals surface area (Å²) >= 11 is 0. The predicted octanol–water partition coefficient (Wildman–Crippen LogP) is 0.333. The lowest BCUT2D eigenvalue weighted by Gasteiger charge is -2.11. The largest absolute Gasteiger partial charge is 0.329 e. The smallest absolute Gasteiger partial charge is 0.0189 e. The van der Waals surface area contributed by atoms with Gasteiger partial charge in [-0.1, -0.05) is 12.8 Å². The molecule has 1 aliphatic carbocycles. The van der Waals surface area contributed by atoms with Crippen LogP contribution in [0, 0.1) is 5.92 Å². The predicted molar refractivity (Wildman–Crippen MR) is 39.2 cm³/mol. The van der Waals surface area contributed by atoms with Crippen molar-refractivity contribution in [3.05, 3.63) is 0 Å². The van der Waals surface area contributed by atoms with Crippen LogP contribution in [0.25, 0.3) is 0 Å². The Morgan fingerprint density at radius 2 is 2.33 bits per heavy atom. The fraction of sp³-hybridized carbons (Fsp3) is 1.00. The summed E-state index contributed by atoms with van der Waals surface area (Å²) in [5.74, 6) is 0.992. The second-order valence-electron chi connectivity index (χ2n) is 2.90. The first-order valence-electron chi connectivity index (χ1n) is 3.74. The number of rotatable bonds is 4. The highest BCUT2D eigenvalue weighted by Crippen LogP contribution is 2.33. The van der Waals surface area contributed by atoms with E-state index in [9.17, 15) is 0 Å². The van der Waals surface area contributed by atoms with Gasteiger partial charge in [0.2, 0.25) is 0 Å². The van der Waals surface area contributed by atoms with Crippen molar-refractivity contribution in [2.75, 3.05) is 13.6 Å². The Morgan fingerprint density at radius 1 is 1.67 bits per heavy atom. The van der Waals surface area contributed by atoms with E-state index in [2.05, 4.69) is 5.32 Å². The van der Waals surface area contributed by atoms with E-state index in [0.29, 0.717) is 6.04 Å². The third-order valence-corrected chi connectivity index (χ3v) is 2.01. The lowest BCUT2D eigenvalue weighted by Crippen LogP contribution is -2.33. The zero-order valence-electron chi connectivity index (χ0n) is 6.06. The fourth-order valence-electron chi connectivity index (χ4n) is 1.09. The highest BCUT2D eigenvalue weighted by atomic mass is 14.9. The molecule has 0 bridgehead atoms. The summed E-state index contributed by atoms with van der Waals surface area (Å²) in [5, 5.41) is 3.20. The normalized spacial score (nSPS) is 22.0. The number of hydrogen-bond donors (Lipinski definition) is 2. The lowest BCUT2D eigenvalue weighted by atomic mass is 10.1. The van der Waals surface area contributed by atoms with Crippen molar-refractivity contribution in [3.63, 3.8) is 0 Å². The molecule has 1 fully saturated rings. The van der Waals surface area contributed by atoms with Crippen LogP contribution >= 0.6 is 0 Å². The van der Waals surface area contributed by atoms with E-state index < -0.39 is 0 Å². The van der Waals surface area contributed by atoms with E-state index in [0.717, 1.165) is 12.5 Å². The minimum Gasteiger partial charge on any atom is -0.329 e. The van der Waals surface area contributed by atoms with E-state index in [-0.39, 0.29) is 0 Å². The van der Waals surface area contributed by atoms with Crippen LogP contribution in [-0.2, 0) is 0 Å². The van der Waals surface area contributed by atoms with Crippen molar-refractivity contribution in [1.82, 2.24) is 5.32 Å². The number of nitrogens with two attached hydrogens (primary N) is 1. The summed E-state index contributed by atoms with van der Waals surface area (Å²) < 4.78 is 0. The molecule has 0 aliphatic heterocycles. The van der Waals surface area contributed by atoms with Crippen LogP contribution in [0.5, 0.6) is 0 Å². The SMILES string of the molecule is CN[C@@H](CN)CC1CC1. The van der Waals surface area contributed by atoms with E-state index in [4.69, 9.17) is 5.73 Å². The van der Waals surface area contributed by atoms with Crippen LogP contribution in [0.15, 0.2) is 0 Å². The molecule has 0 heterocycles. The van der Waals surface area contributed by atoms with Crippen molar-refractivity contribution < 1.29 is 0 Å². The molecule has 0 unspecified atom stereocenters. The van der Waals surface area contributed by atoms with E-state index in [1.165, 1.54) is 19.3 Å². The van der Waals surface area contributed by atoms with Crippen LogP contribution in [0.1, 0.15) is 19.3 Å². The monoisotopic (exact) mass is 128 g/mol. The zero-order chi connectivity index (χ0) is 6.69. The highest BCUT2D eigenvalue weighted by molar-refractivity contribution is 4.79. The molecule has 1 saturated carbocycles. The zero-order valence-corrected chi connectivity index (χ0v) is 6.06. The maximum atomic E-state index is 5.50. The van der Waals surface area contributed by atoms with Crippen LogP contribution < -0.4 is 11.1 Å². The Hall–Kier alpha value is -0.0800. The van der Waals surface area contributed by atoms with Gasteiger partial charge in [-0.05, 0) is 19.4 Å². The summed E-state index contributed by atoms with van der Waals surface area (Å²) in [6, 6.07) is 0.567. The molecule has 54 valence electrons. The Bertz CT molecular complexity index is 75.0. The Morgan fingerprint density at radius 3 is 2.67 bits per heavy atom. The van der Waals surface area contributed by atoms with E-state index >= 15 is 0 Å². The molecule has 0 aromatic carbocycles. The summed E-state index contributed by atoms with van der Waals surface area (Å²) in [6.07, 6.45) is 4.14. The molecule has 2 nitrogen and oxygen atoms in total. The first-order chi connectivity index (χ1) is 4.36. The third-order valence-electron chi connectivity index (χ3n) is 2.01. The van der Waals surface area contributed by atoms with Gasteiger partial charge in [-0.2, -0.15) is 0 Å². The van der Waals surface area contributed by atoms with E-state index in [1.807, 2.05) is 7.05 Å². The topological polar surface area (TPSA) is 38.0 Å². The minimum atomic E-state index is 0.567. The molecule has 0 amide bonds. The molecule has 0 aromatic heterocycles. The summed E-state index contributed by atoms with van der Waals surface area (Å²) in [5.41, 5.74) is 5.50. The van der Waals surface area contributed by atoms with Crippen molar-refractivity contribution in [1.29, 1.82) is 0 Å². The van der Waals surface area contributed by atoms with Gasteiger partial charge >= 0.3 is 0 Å². The molecule has 1 aliphatic rings.